The topological polar surface area (TPSA) is 223 Å². The highest BCUT2D eigenvalue weighted by Gasteiger charge is 2.51. The van der Waals surface area contributed by atoms with Crippen molar-refractivity contribution >= 4 is 44.1 Å². The Morgan fingerprint density at radius 3 is 2.05 bits per heavy atom. The molecular weight excluding hydrogens is 819 g/mol. The second kappa shape index (κ2) is 25.4. The zero-order chi connectivity index (χ0) is 45.6. The smallest absolute Gasteiger partial charge is 0.481 e. The van der Waals surface area contributed by atoms with Crippen LogP contribution in [0.1, 0.15) is 77.1 Å². The van der Waals surface area contributed by atoms with Crippen LogP contribution in [0.4, 0.5) is 0 Å². The molecule has 0 aromatic heterocycles. The van der Waals surface area contributed by atoms with Crippen LogP contribution in [-0.2, 0) is 61.5 Å². The van der Waals surface area contributed by atoms with Crippen molar-refractivity contribution in [1.29, 1.82) is 0 Å². The molecule has 5 unspecified atom stereocenters. The van der Waals surface area contributed by atoms with E-state index in [1.54, 1.807) is 55.5 Å². The summed E-state index contributed by atoms with van der Waals surface area (Å²) in [6.07, 6.45) is 0.524. The van der Waals surface area contributed by atoms with Crippen LogP contribution in [0.15, 0.2) is 67.3 Å². The van der Waals surface area contributed by atoms with E-state index in [0.717, 1.165) is 7.11 Å². The van der Waals surface area contributed by atoms with E-state index in [9.17, 15) is 38.4 Å². The lowest BCUT2D eigenvalue weighted by Crippen LogP contribution is -2.45. The number of para-hydroxylation sites is 2. The van der Waals surface area contributed by atoms with E-state index >= 15 is 0 Å². The van der Waals surface area contributed by atoms with Crippen LogP contribution in [0.2, 0.25) is 0 Å². The van der Waals surface area contributed by atoms with E-state index in [1.165, 1.54) is 46.9 Å². The van der Waals surface area contributed by atoms with E-state index in [2.05, 4.69) is 6.58 Å². The summed E-state index contributed by atoms with van der Waals surface area (Å²) < 4.78 is 59.6. The second-order valence-corrected chi connectivity index (χ2v) is 16.1. The number of carboxylic acids is 1. The zero-order valence-corrected chi connectivity index (χ0v) is 36.7. The van der Waals surface area contributed by atoms with Gasteiger partial charge in [0.25, 0.3) is 0 Å². The molecule has 1 N–H and O–H groups in total. The van der Waals surface area contributed by atoms with Gasteiger partial charge in [-0.1, -0.05) is 49.9 Å². The van der Waals surface area contributed by atoms with Crippen LogP contribution in [0.25, 0.3) is 0 Å². The molecule has 2 aromatic rings. The van der Waals surface area contributed by atoms with Gasteiger partial charge < -0.3 is 38.3 Å². The average molecular weight is 878 g/mol. The molecule has 0 aliphatic rings. The van der Waals surface area contributed by atoms with Crippen molar-refractivity contribution in [2.45, 2.75) is 66.7 Å². The first-order valence-electron chi connectivity index (χ1n) is 19.5. The Kier molecular flexibility index (Phi) is 21.6. The highest BCUT2D eigenvalue weighted by atomic mass is 31.1. The number of methoxy groups -OCH3 is 2. The average Bonchev–Trinajstić information content (AvgIpc) is 3.23. The zero-order valence-electron chi connectivity index (χ0n) is 35.8. The molecule has 0 aliphatic heterocycles. The fourth-order valence-corrected chi connectivity index (χ4v) is 7.41. The van der Waals surface area contributed by atoms with Crippen molar-refractivity contribution in [3.63, 3.8) is 0 Å². The van der Waals surface area contributed by atoms with Gasteiger partial charge >= 0.3 is 44.1 Å². The van der Waals surface area contributed by atoms with Crippen molar-refractivity contribution < 1.29 is 80.6 Å². The van der Waals surface area contributed by atoms with Gasteiger partial charge in [0.1, 0.15) is 37.7 Å². The van der Waals surface area contributed by atoms with Crippen molar-refractivity contribution in [2.75, 3.05) is 54.0 Å². The lowest BCUT2D eigenvalue weighted by molar-refractivity contribution is -0.167. The Labute approximate surface area is 357 Å². The summed E-state index contributed by atoms with van der Waals surface area (Å²) in [5.41, 5.74) is -4.62. The molecule has 0 saturated heterocycles. The fraction of sp³-hybridized carbons (Fsp3) is 0.535. The number of esters is 5. The molecule has 0 bridgehead atoms. The number of carboxylic acid groups (broad SMARTS) is 1. The fourth-order valence-electron chi connectivity index (χ4n) is 6.84. The highest BCUT2D eigenvalue weighted by molar-refractivity contribution is 7.33. The predicted octanol–water partition coefficient (Wildman–Crippen LogP) is 6.89. The van der Waals surface area contributed by atoms with Gasteiger partial charge in [0, 0.05) is 4.57 Å². The van der Waals surface area contributed by atoms with Crippen LogP contribution in [-0.4, -0.2) is 95.0 Å². The Balaban J connectivity index is 2.15. The van der Waals surface area contributed by atoms with Crippen LogP contribution in [0.5, 0.6) is 11.5 Å². The first-order valence-corrected chi connectivity index (χ1v) is 20.6. The molecule has 17 nitrogen and oxygen atoms in total. The van der Waals surface area contributed by atoms with Crippen molar-refractivity contribution in [2.24, 2.45) is 28.1 Å². The van der Waals surface area contributed by atoms with Gasteiger partial charge in [-0.05, 0) is 84.1 Å². The summed E-state index contributed by atoms with van der Waals surface area (Å²) in [5.74, 6) is -6.43. The minimum atomic E-state index is -2.60. The molecule has 0 aliphatic carbocycles. The van der Waals surface area contributed by atoms with Crippen molar-refractivity contribution in [3.8, 4) is 11.5 Å². The van der Waals surface area contributed by atoms with Crippen molar-refractivity contribution in [3.05, 3.63) is 72.8 Å². The second-order valence-electron chi connectivity index (χ2n) is 15.2. The maximum Gasteiger partial charge on any atom is 0.750 e. The Morgan fingerprint density at radius 2 is 1.43 bits per heavy atom. The van der Waals surface area contributed by atoms with Gasteiger partial charge in [0.2, 0.25) is 0 Å². The first kappa shape index (κ1) is 51.8. The lowest BCUT2D eigenvalue weighted by Gasteiger charge is -2.40. The standard InChI is InChI=1S/C43H57O17P/c1-9-20-55-37(46)33-18-14-15-19-34(33)58-29-54-21-22-57-39(49)41(3,4)27-43(6,40(50)53-8)28-42(5,38(47)48)26-31(25-30(10-2)35(44)52-7)36(45)56-23-24-59-61(51)60-32-16-12-11-13-17-32/h9,11-19,30-31H,1,10,20-29H2,2-8H3/p+1. The largest absolute Gasteiger partial charge is 0.750 e. The molecule has 61 heavy (non-hydrogen) atoms. The monoisotopic (exact) mass is 877 g/mol. The lowest BCUT2D eigenvalue weighted by atomic mass is 9.63. The number of hydrogen-bond acceptors (Lipinski definition) is 16. The Hall–Kier alpha value is -5.38. The summed E-state index contributed by atoms with van der Waals surface area (Å²) in [7, 11) is -0.275. The molecule has 0 fully saturated rings. The number of hydrogen-bond donors (Lipinski definition) is 1. The van der Waals surface area contributed by atoms with Crippen LogP contribution in [0.3, 0.4) is 0 Å². The third-order valence-corrected chi connectivity index (χ3v) is 10.4. The Bertz CT molecular complexity index is 1800. The summed E-state index contributed by atoms with van der Waals surface area (Å²) in [5, 5.41) is 10.7. The van der Waals surface area contributed by atoms with E-state index in [4.69, 9.17) is 42.2 Å². The van der Waals surface area contributed by atoms with Crippen LogP contribution in [0, 0.1) is 28.1 Å². The molecule has 0 spiro atoms. The third-order valence-electron chi connectivity index (χ3n) is 9.63. The predicted molar refractivity (Wildman–Crippen MR) is 218 cm³/mol. The van der Waals surface area contributed by atoms with E-state index in [1.807, 2.05) is 0 Å². The van der Waals surface area contributed by atoms with Gasteiger partial charge in [0.15, 0.2) is 12.5 Å². The normalized spacial score (nSPS) is 14.4. The van der Waals surface area contributed by atoms with Crippen LogP contribution >= 0.6 is 8.25 Å². The number of rotatable bonds is 29. The van der Waals surface area contributed by atoms with Gasteiger partial charge in [-0.3, -0.25) is 24.0 Å². The number of carbonyl (C=O) groups is 6. The van der Waals surface area contributed by atoms with E-state index < -0.39 is 85.0 Å². The minimum absolute atomic E-state index is 0.0224. The molecular formula is C43H58O17P+. The van der Waals surface area contributed by atoms with Gasteiger partial charge in [-0.25, -0.2) is 9.32 Å². The molecule has 5 atom stereocenters. The Morgan fingerprint density at radius 1 is 0.770 bits per heavy atom. The highest BCUT2D eigenvalue weighted by Crippen LogP contribution is 2.47. The molecule has 0 saturated carbocycles. The number of aliphatic carboxylic acids is 1. The molecule has 18 heteroatoms. The SMILES string of the molecule is C=CCOC(=O)c1ccccc1OCOCCOC(=O)C(C)(C)CC(C)(CC(C)(CC(CC(CC)C(=O)OC)C(=O)OCCO[P+](=O)Oc1ccccc1)C(=O)O)C(=O)OC. The molecule has 0 radical (unpaired) electrons. The summed E-state index contributed by atoms with van der Waals surface area (Å²) >= 11 is 0. The van der Waals surface area contributed by atoms with Gasteiger partial charge in [0.05, 0.1) is 48.9 Å². The maximum atomic E-state index is 13.6. The third kappa shape index (κ3) is 16.9. The van der Waals surface area contributed by atoms with E-state index in [-0.39, 0.29) is 70.4 Å². The molecule has 2 aromatic carbocycles. The van der Waals surface area contributed by atoms with E-state index in [0.29, 0.717) is 5.75 Å². The summed E-state index contributed by atoms with van der Waals surface area (Å²) in [6, 6.07) is 14.7. The number of benzene rings is 2. The number of carbonyl (C=O) groups excluding carboxylic acids is 5. The van der Waals surface area contributed by atoms with Crippen LogP contribution < -0.4 is 9.26 Å². The first-order chi connectivity index (χ1) is 28.9. The quantitative estimate of drug-likeness (QED) is 0.0219. The number of ether oxygens (including phenoxy) is 7. The molecule has 0 amide bonds. The summed E-state index contributed by atoms with van der Waals surface area (Å²) in [6.45, 7) is 9.85. The maximum absolute atomic E-state index is 13.6. The van der Waals surface area contributed by atoms with Crippen molar-refractivity contribution in [1.82, 2.24) is 0 Å². The molecule has 0 heterocycles. The minimum Gasteiger partial charge on any atom is -0.481 e. The summed E-state index contributed by atoms with van der Waals surface area (Å²) in [4.78, 5) is 78.5. The van der Waals surface area contributed by atoms with Gasteiger partial charge in [-0.15, -0.1) is 4.52 Å². The molecule has 2 rings (SSSR count). The van der Waals surface area contributed by atoms with Gasteiger partial charge in [-0.2, -0.15) is 0 Å². The molecule has 336 valence electrons.